The van der Waals surface area contributed by atoms with E-state index in [1.165, 1.54) is 50.5 Å². The van der Waals surface area contributed by atoms with Gasteiger partial charge in [0.2, 0.25) is 0 Å². The van der Waals surface area contributed by atoms with Gasteiger partial charge in [0.05, 0.1) is 6.33 Å². The van der Waals surface area contributed by atoms with Gasteiger partial charge in [-0.05, 0) is 78.8 Å². The first kappa shape index (κ1) is 23.7. The van der Waals surface area contributed by atoms with Crippen LogP contribution in [0.2, 0.25) is 0 Å². The summed E-state index contributed by atoms with van der Waals surface area (Å²) in [6.07, 6.45) is 15.8. The summed E-state index contributed by atoms with van der Waals surface area (Å²) in [5, 5.41) is 20.1. The van der Waals surface area contributed by atoms with E-state index >= 15 is 0 Å². The number of aliphatic hydroxyl groups is 2. The lowest BCUT2D eigenvalue weighted by Crippen LogP contribution is -2.36. The Morgan fingerprint density at radius 3 is 2.50 bits per heavy atom. The van der Waals surface area contributed by atoms with Crippen LogP contribution in [-0.2, 0) is 0 Å². The summed E-state index contributed by atoms with van der Waals surface area (Å²) in [5.74, 6) is 1.28. The molecule has 0 bridgehead atoms. The Hall–Kier alpha value is -0.930. The monoisotopic (exact) mass is 418 g/mol. The lowest BCUT2D eigenvalue weighted by atomic mass is 9.60. The fourth-order valence-corrected chi connectivity index (χ4v) is 6.76. The number of fused-ring (bicyclic) bond motifs is 1. The molecule has 0 saturated heterocycles. The predicted octanol–water partition coefficient (Wildman–Crippen LogP) is 7.24. The van der Waals surface area contributed by atoms with Crippen molar-refractivity contribution < 1.29 is 14.6 Å². The van der Waals surface area contributed by atoms with E-state index in [0.717, 1.165) is 29.7 Å². The van der Waals surface area contributed by atoms with Crippen molar-refractivity contribution in [2.45, 2.75) is 104 Å². The maximum Gasteiger partial charge on any atom is 0.166 e. The second kappa shape index (κ2) is 9.69. The normalized spacial score (nSPS) is 36.6. The molecule has 3 aliphatic rings. The largest absolute Gasteiger partial charge is 0.365 e. The quantitative estimate of drug-likeness (QED) is 0.446. The zero-order valence-corrected chi connectivity index (χ0v) is 19.6. The Morgan fingerprint density at radius 2 is 1.80 bits per heavy atom. The number of hydrogen-bond donors (Lipinski definition) is 2. The molecule has 170 valence electrons. The molecule has 30 heavy (non-hydrogen) atoms. The summed E-state index contributed by atoms with van der Waals surface area (Å²) >= 11 is 0. The molecule has 0 spiro atoms. The minimum Gasteiger partial charge on any atom is -0.365 e. The van der Waals surface area contributed by atoms with Crippen LogP contribution in [0.15, 0.2) is 35.2 Å². The van der Waals surface area contributed by atoms with Gasteiger partial charge in [-0.2, -0.15) is 0 Å². The van der Waals surface area contributed by atoms with Gasteiger partial charge >= 0.3 is 0 Å². The molecule has 0 radical (unpaired) electrons. The first-order valence-corrected chi connectivity index (χ1v) is 12.3. The van der Waals surface area contributed by atoms with Crippen molar-refractivity contribution in [1.82, 2.24) is 0 Å². The molecule has 3 heteroatoms. The highest BCUT2D eigenvalue weighted by Crippen LogP contribution is 2.60. The fraction of sp³-hybridized carbons (Fsp3) is 0.778. The van der Waals surface area contributed by atoms with Gasteiger partial charge < -0.3 is 10.2 Å². The molecular weight excluding hydrogens is 375 g/mol. The maximum atomic E-state index is 13.3. The van der Waals surface area contributed by atoms with Crippen molar-refractivity contribution in [3.05, 3.63) is 35.2 Å². The molecule has 0 unspecified atom stereocenters. The molecule has 0 aliphatic heterocycles. The summed E-state index contributed by atoms with van der Waals surface area (Å²) in [7, 11) is 0. The molecule has 0 amide bonds. The van der Waals surface area contributed by atoms with Gasteiger partial charge in [-0.25, -0.2) is 4.39 Å². The molecule has 0 aromatic carbocycles. The average molecular weight is 419 g/mol. The minimum absolute atomic E-state index is 0.115. The lowest BCUT2D eigenvalue weighted by molar-refractivity contribution is -0.167. The molecule has 0 aromatic rings. The van der Waals surface area contributed by atoms with E-state index in [-0.39, 0.29) is 12.8 Å². The molecule has 0 heterocycles. The smallest absolute Gasteiger partial charge is 0.166 e. The van der Waals surface area contributed by atoms with Gasteiger partial charge in [0.25, 0.3) is 0 Å². The van der Waals surface area contributed by atoms with Crippen molar-refractivity contribution in [3.63, 3.8) is 0 Å². The van der Waals surface area contributed by atoms with Gasteiger partial charge in [0, 0.05) is 12.8 Å². The molecule has 0 aromatic heterocycles. The van der Waals surface area contributed by atoms with Gasteiger partial charge in [-0.15, -0.1) is 0 Å². The third-order valence-corrected chi connectivity index (χ3v) is 8.48. The first-order chi connectivity index (χ1) is 14.2. The summed E-state index contributed by atoms with van der Waals surface area (Å²) in [4.78, 5) is 0. The third-order valence-electron chi connectivity index (χ3n) is 8.48. The van der Waals surface area contributed by atoms with Crippen molar-refractivity contribution in [1.29, 1.82) is 0 Å². The van der Waals surface area contributed by atoms with Crippen molar-refractivity contribution >= 4 is 0 Å². The Balaban J connectivity index is 1.74. The lowest BCUT2D eigenvalue weighted by Gasteiger charge is -2.44. The van der Waals surface area contributed by atoms with Crippen LogP contribution >= 0.6 is 0 Å². The fourth-order valence-electron chi connectivity index (χ4n) is 6.76. The van der Waals surface area contributed by atoms with Crippen LogP contribution in [0.4, 0.5) is 4.39 Å². The van der Waals surface area contributed by atoms with E-state index in [2.05, 4.69) is 33.8 Å². The molecule has 4 atom stereocenters. The zero-order valence-electron chi connectivity index (χ0n) is 19.6. The zero-order chi connectivity index (χ0) is 21.9. The number of rotatable bonds is 6. The van der Waals surface area contributed by atoms with Crippen molar-refractivity contribution in [2.75, 3.05) is 0 Å². The second-order valence-electron chi connectivity index (χ2n) is 11.1. The Morgan fingerprint density at radius 1 is 1.03 bits per heavy atom. The molecule has 2 nitrogen and oxygen atoms in total. The van der Waals surface area contributed by atoms with Gasteiger partial charge in [0.1, 0.15) is 0 Å². The summed E-state index contributed by atoms with van der Waals surface area (Å²) in [5.41, 5.74) is 3.24. The maximum absolute atomic E-state index is 13.3. The van der Waals surface area contributed by atoms with Crippen LogP contribution in [0, 0.1) is 29.1 Å². The van der Waals surface area contributed by atoms with E-state index in [1.807, 2.05) is 6.08 Å². The molecule has 3 fully saturated rings. The highest BCUT2D eigenvalue weighted by Gasteiger charge is 2.50. The number of halogens is 1. The van der Waals surface area contributed by atoms with Crippen LogP contribution in [0.5, 0.6) is 0 Å². The second-order valence-corrected chi connectivity index (χ2v) is 11.1. The first-order valence-electron chi connectivity index (χ1n) is 12.3. The van der Waals surface area contributed by atoms with Crippen LogP contribution in [0.1, 0.15) is 98.3 Å². The van der Waals surface area contributed by atoms with Gasteiger partial charge in [-0.3, -0.25) is 0 Å². The van der Waals surface area contributed by atoms with Gasteiger partial charge in [0.15, 0.2) is 5.79 Å². The molecule has 3 aliphatic carbocycles. The molecule has 3 saturated carbocycles. The Kier molecular flexibility index (Phi) is 7.66. The minimum atomic E-state index is -1.71. The van der Waals surface area contributed by atoms with Crippen LogP contribution in [-0.4, -0.2) is 16.0 Å². The average Bonchev–Trinajstić information content (AvgIpc) is 3.03. The standard InChI is InChI=1S/C27H43FO2/c1-19(2)7-5-8-20(3)24-12-13-25-21(9-6-15-26(24,25)4)10-11-22-17-27(29,30)16-14-23(22)18-28/h10-11,18-20,24-25,29-30H,5-9,12-17H2,1-4H3/b21-10+,22-11+,23-18+/t20-,24-,25+,26-/m1/s1. The van der Waals surface area contributed by atoms with Crippen molar-refractivity contribution in [2.24, 2.45) is 29.1 Å². The number of hydrogen-bond acceptors (Lipinski definition) is 2. The predicted molar refractivity (Wildman–Crippen MR) is 122 cm³/mol. The summed E-state index contributed by atoms with van der Waals surface area (Å²) in [6.45, 7) is 9.63. The van der Waals surface area contributed by atoms with E-state index < -0.39 is 5.79 Å². The van der Waals surface area contributed by atoms with Crippen LogP contribution in [0.3, 0.4) is 0 Å². The molecule has 3 rings (SSSR count). The van der Waals surface area contributed by atoms with Crippen molar-refractivity contribution in [3.8, 4) is 0 Å². The molecule has 2 N–H and O–H groups in total. The highest BCUT2D eigenvalue weighted by molar-refractivity contribution is 5.37. The Bertz CT molecular complexity index is 687. The highest BCUT2D eigenvalue weighted by atomic mass is 19.1. The van der Waals surface area contributed by atoms with Gasteiger partial charge in [-0.1, -0.05) is 64.7 Å². The van der Waals surface area contributed by atoms with E-state index in [0.29, 0.717) is 29.7 Å². The van der Waals surface area contributed by atoms with E-state index in [1.54, 1.807) is 0 Å². The molecular formula is C27H43FO2. The SMILES string of the molecule is CC(C)CCC[C@@H](C)[C@H]1CC[C@H]2/C(=C/C=C3\CC(O)(O)CC\C3=C/F)CCC[C@]12C. The topological polar surface area (TPSA) is 40.5 Å². The Labute approximate surface area is 183 Å². The van der Waals surface area contributed by atoms with E-state index in [9.17, 15) is 14.6 Å². The summed E-state index contributed by atoms with van der Waals surface area (Å²) in [6, 6.07) is 0. The third kappa shape index (κ3) is 5.27. The van der Waals surface area contributed by atoms with Crippen LogP contribution in [0.25, 0.3) is 0 Å². The number of allylic oxidation sites excluding steroid dienone is 4. The summed E-state index contributed by atoms with van der Waals surface area (Å²) < 4.78 is 13.3. The van der Waals surface area contributed by atoms with Crippen LogP contribution < -0.4 is 0 Å². The van der Waals surface area contributed by atoms with E-state index in [4.69, 9.17) is 0 Å².